The Balaban J connectivity index is 1.94. The summed E-state index contributed by atoms with van der Waals surface area (Å²) in [7, 11) is 0. The highest BCUT2D eigenvalue weighted by atomic mass is 17.0. The smallest absolute Gasteiger partial charge is 0.189 e. The molecule has 1 heterocycles. The zero-order chi connectivity index (χ0) is 17.2. The van der Waals surface area contributed by atoms with E-state index in [2.05, 4.69) is 12.3 Å². The summed E-state index contributed by atoms with van der Waals surface area (Å²) in [6.45, 7) is 5.64. The maximum absolute atomic E-state index is 8.89. The summed E-state index contributed by atoms with van der Waals surface area (Å²) in [4.78, 5) is 11.3. The Morgan fingerprint density at radius 1 is 1.21 bits per heavy atom. The number of ether oxygens (including phenoxy) is 1. The number of hydrazine groups is 2. The summed E-state index contributed by atoms with van der Waals surface area (Å²) >= 11 is 0. The molecule has 134 valence electrons. The van der Waals surface area contributed by atoms with Crippen molar-refractivity contribution in [2.24, 2.45) is 0 Å². The summed E-state index contributed by atoms with van der Waals surface area (Å²) in [6, 6.07) is 9.60. The first kappa shape index (κ1) is 18.5. The van der Waals surface area contributed by atoms with Gasteiger partial charge in [0.15, 0.2) is 5.76 Å². The average molecular weight is 337 g/mol. The van der Waals surface area contributed by atoms with Gasteiger partial charge in [0, 0.05) is 13.2 Å². The minimum Gasteiger partial charge on any atom is -0.486 e. The first-order chi connectivity index (χ1) is 11.8. The number of allylic oxidation sites excluding steroid dienone is 1. The van der Waals surface area contributed by atoms with E-state index in [0.29, 0.717) is 25.4 Å². The van der Waals surface area contributed by atoms with Gasteiger partial charge in [0.2, 0.25) is 0 Å². The van der Waals surface area contributed by atoms with E-state index in [9.17, 15) is 0 Å². The average Bonchev–Trinajstić information content (AvgIpc) is 2.90. The SMILES string of the molecule is CCCCNN1C(C)=C(COc2ccccc2)ON1OCCCO. The molecule has 7 heteroatoms. The number of nitrogens with zero attached hydrogens (tertiary/aromatic N) is 2. The van der Waals surface area contributed by atoms with Crippen LogP contribution in [0.2, 0.25) is 0 Å². The van der Waals surface area contributed by atoms with Crippen LogP contribution in [0, 0.1) is 0 Å². The predicted octanol–water partition coefficient (Wildman–Crippen LogP) is 2.38. The van der Waals surface area contributed by atoms with Crippen LogP contribution in [0.25, 0.3) is 0 Å². The van der Waals surface area contributed by atoms with Gasteiger partial charge in [-0.3, -0.25) is 0 Å². The molecule has 0 radical (unpaired) electrons. The lowest BCUT2D eigenvalue weighted by Crippen LogP contribution is -2.46. The van der Waals surface area contributed by atoms with Gasteiger partial charge in [0.05, 0.1) is 12.3 Å². The van der Waals surface area contributed by atoms with Crippen molar-refractivity contribution in [1.29, 1.82) is 0 Å². The Kier molecular flexibility index (Phi) is 7.84. The second kappa shape index (κ2) is 10.1. The van der Waals surface area contributed by atoms with Crippen LogP contribution in [0.5, 0.6) is 5.75 Å². The highest BCUT2D eigenvalue weighted by molar-refractivity contribution is 5.21. The summed E-state index contributed by atoms with van der Waals surface area (Å²) < 4.78 is 5.75. The maximum atomic E-state index is 8.89. The molecule has 1 aromatic carbocycles. The molecule has 0 fully saturated rings. The molecule has 0 spiro atoms. The number of rotatable bonds is 11. The third-order valence-corrected chi connectivity index (χ3v) is 3.48. The molecule has 0 saturated heterocycles. The summed E-state index contributed by atoms with van der Waals surface area (Å²) in [5.41, 5.74) is 4.15. The summed E-state index contributed by atoms with van der Waals surface area (Å²) in [5, 5.41) is 11.9. The molecule has 0 amide bonds. The van der Waals surface area contributed by atoms with Gasteiger partial charge in [-0.1, -0.05) is 31.5 Å². The summed E-state index contributed by atoms with van der Waals surface area (Å²) in [6.07, 6.45) is 2.68. The molecule has 2 N–H and O–H groups in total. The fourth-order valence-corrected chi connectivity index (χ4v) is 2.07. The highest BCUT2D eigenvalue weighted by Crippen LogP contribution is 2.24. The predicted molar refractivity (Wildman–Crippen MR) is 90.0 cm³/mol. The standard InChI is InChI=1S/C17H27N3O4/c1-3-4-11-18-19-15(2)17(24-20(19)23-13-8-12-21)14-22-16-9-6-5-7-10-16/h5-7,9-10,18,21H,3-4,8,11-14H2,1-2H3. The zero-order valence-electron chi connectivity index (χ0n) is 14.4. The molecule has 1 aliphatic heterocycles. The van der Waals surface area contributed by atoms with E-state index in [-0.39, 0.29) is 6.61 Å². The summed E-state index contributed by atoms with van der Waals surface area (Å²) in [5.74, 6) is 1.46. The van der Waals surface area contributed by atoms with E-state index in [1.54, 1.807) is 5.12 Å². The van der Waals surface area contributed by atoms with Crippen LogP contribution in [-0.2, 0) is 9.68 Å². The Hall–Kier alpha value is -1.80. The molecule has 24 heavy (non-hydrogen) atoms. The number of hydrogen-bond donors (Lipinski definition) is 2. The Labute approximate surface area is 143 Å². The van der Waals surface area contributed by atoms with E-state index < -0.39 is 0 Å². The van der Waals surface area contributed by atoms with Crippen molar-refractivity contribution in [3.63, 3.8) is 0 Å². The topological polar surface area (TPSA) is 66.4 Å². The maximum Gasteiger partial charge on any atom is 0.189 e. The molecular formula is C17H27N3O4. The lowest BCUT2D eigenvalue weighted by atomic mass is 10.3. The molecule has 0 aromatic heterocycles. The van der Waals surface area contributed by atoms with Crippen LogP contribution in [0.4, 0.5) is 0 Å². The van der Waals surface area contributed by atoms with Crippen molar-refractivity contribution >= 4 is 0 Å². The molecule has 2 rings (SSSR count). The highest BCUT2D eigenvalue weighted by Gasteiger charge is 2.31. The molecule has 1 aromatic rings. The molecule has 7 nitrogen and oxygen atoms in total. The normalized spacial score (nSPS) is 15.0. The van der Waals surface area contributed by atoms with Crippen molar-refractivity contribution in [2.45, 2.75) is 33.1 Å². The van der Waals surface area contributed by atoms with E-state index >= 15 is 0 Å². The van der Waals surface area contributed by atoms with E-state index in [1.807, 2.05) is 37.3 Å². The van der Waals surface area contributed by atoms with Crippen LogP contribution in [0.3, 0.4) is 0 Å². The van der Waals surface area contributed by atoms with Crippen LogP contribution < -0.4 is 10.2 Å². The van der Waals surface area contributed by atoms with Crippen molar-refractivity contribution in [2.75, 3.05) is 26.4 Å². The number of nitrogens with one attached hydrogen (secondary N) is 1. The van der Waals surface area contributed by atoms with Crippen molar-refractivity contribution in [3.8, 4) is 5.75 Å². The second-order valence-corrected chi connectivity index (χ2v) is 5.42. The van der Waals surface area contributed by atoms with Crippen LogP contribution >= 0.6 is 0 Å². The van der Waals surface area contributed by atoms with Gasteiger partial charge < -0.3 is 14.7 Å². The van der Waals surface area contributed by atoms with Gasteiger partial charge >= 0.3 is 0 Å². The fourth-order valence-electron chi connectivity index (χ4n) is 2.07. The Bertz CT molecular complexity index is 510. The zero-order valence-corrected chi connectivity index (χ0v) is 14.4. The second-order valence-electron chi connectivity index (χ2n) is 5.42. The minimum absolute atomic E-state index is 0.0769. The number of aliphatic hydroxyl groups is 1. The molecule has 0 aliphatic carbocycles. The molecule has 0 atom stereocenters. The largest absolute Gasteiger partial charge is 0.486 e. The van der Waals surface area contributed by atoms with Gasteiger partial charge in [-0.2, -0.15) is 5.12 Å². The fraction of sp³-hybridized carbons (Fsp3) is 0.529. The lowest BCUT2D eigenvalue weighted by Gasteiger charge is -2.26. The number of unbranched alkanes of at least 4 members (excludes halogenated alkanes) is 1. The van der Waals surface area contributed by atoms with Crippen LogP contribution in [0.1, 0.15) is 33.1 Å². The molecule has 0 saturated carbocycles. The lowest BCUT2D eigenvalue weighted by molar-refractivity contribution is -0.431. The van der Waals surface area contributed by atoms with Crippen molar-refractivity contribution in [1.82, 2.24) is 15.9 Å². The Morgan fingerprint density at radius 3 is 2.71 bits per heavy atom. The number of aliphatic hydroxyl groups excluding tert-OH is 1. The van der Waals surface area contributed by atoms with Gasteiger partial charge in [-0.15, -0.1) is 0 Å². The molecular weight excluding hydrogens is 310 g/mol. The first-order valence-electron chi connectivity index (χ1n) is 8.39. The number of hydrogen-bond acceptors (Lipinski definition) is 7. The van der Waals surface area contributed by atoms with E-state index in [0.717, 1.165) is 30.8 Å². The van der Waals surface area contributed by atoms with Crippen LogP contribution in [0.15, 0.2) is 41.8 Å². The van der Waals surface area contributed by atoms with Crippen molar-refractivity contribution < 1.29 is 19.5 Å². The molecule has 0 bridgehead atoms. The third-order valence-electron chi connectivity index (χ3n) is 3.48. The van der Waals surface area contributed by atoms with E-state index in [4.69, 9.17) is 19.5 Å². The van der Waals surface area contributed by atoms with Gasteiger partial charge in [0.1, 0.15) is 17.7 Å². The monoisotopic (exact) mass is 337 g/mol. The number of benzene rings is 1. The third kappa shape index (κ3) is 5.38. The number of para-hydroxylation sites is 1. The van der Waals surface area contributed by atoms with Gasteiger partial charge in [-0.25, -0.2) is 10.3 Å². The first-order valence-corrected chi connectivity index (χ1v) is 8.39. The van der Waals surface area contributed by atoms with Gasteiger partial charge in [0.25, 0.3) is 0 Å². The minimum atomic E-state index is 0.0769. The van der Waals surface area contributed by atoms with Crippen LogP contribution in [-0.4, -0.2) is 41.9 Å². The van der Waals surface area contributed by atoms with E-state index in [1.165, 1.54) is 5.34 Å². The quantitative estimate of drug-likeness (QED) is 0.601. The van der Waals surface area contributed by atoms with Crippen molar-refractivity contribution in [3.05, 3.63) is 41.8 Å². The molecule has 0 unspecified atom stereocenters. The molecule has 1 aliphatic rings. The van der Waals surface area contributed by atoms with Gasteiger partial charge in [-0.05, 0) is 31.9 Å². The Morgan fingerprint density at radius 2 is 2.00 bits per heavy atom.